The van der Waals surface area contributed by atoms with Gasteiger partial charge in [-0.2, -0.15) is 5.26 Å². The Balaban J connectivity index is 2.69. The Morgan fingerprint density at radius 3 is 2.66 bits per heavy atom. The molecule has 158 valence electrons. The normalized spacial score (nSPS) is 10.9. The third-order valence-electron chi connectivity index (χ3n) is 4.18. The molecule has 0 aromatic carbocycles. The van der Waals surface area contributed by atoms with Crippen LogP contribution in [0.5, 0.6) is 0 Å². The molecule has 3 amide bonds. The Morgan fingerprint density at radius 1 is 1.31 bits per heavy atom. The molecule has 0 aliphatic heterocycles. The van der Waals surface area contributed by atoms with Crippen LogP contribution in [0.2, 0.25) is 0 Å². The highest BCUT2D eigenvalue weighted by molar-refractivity contribution is 6.00. The van der Waals surface area contributed by atoms with Crippen LogP contribution in [0.3, 0.4) is 0 Å². The standard InChI is InChI=1S/C20H28N4O5/c1-5-6-7-22-20(27)23-18(25)13-29-19(26)17(12-21)11-16-10-14(2)24(15(16)3)8-9-28-4/h10-11H,5-9,13H2,1-4H3,(H2,22,23,25,27)/b17-11+. The lowest BCUT2D eigenvalue weighted by Crippen LogP contribution is -2.41. The van der Waals surface area contributed by atoms with Crippen LogP contribution in [-0.4, -0.2) is 49.3 Å². The number of carbonyl (C=O) groups is 3. The Bertz CT molecular complexity index is 805. The highest BCUT2D eigenvalue weighted by atomic mass is 16.5. The zero-order valence-corrected chi connectivity index (χ0v) is 17.3. The second-order valence-electron chi connectivity index (χ2n) is 6.37. The van der Waals surface area contributed by atoms with Crippen molar-refractivity contribution >= 4 is 24.0 Å². The molecule has 2 N–H and O–H groups in total. The monoisotopic (exact) mass is 404 g/mol. The molecule has 0 aliphatic rings. The number of nitriles is 1. The van der Waals surface area contributed by atoms with Crippen molar-refractivity contribution in [3.05, 3.63) is 28.6 Å². The molecule has 1 rings (SSSR count). The number of imide groups is 1. The number of unbranched alkanes of at least 4 members (excludes halogenated alkanes) is 1. The zero-order chi connectivity index (χ0) is 21.8. The Kier molecular flexibility index (Phi) is 10.2. The first-order valence-electron chi connectivity index (χ1n) is 9.36. The summed E-state index contributed by atoms with van der Waals surface area (Å²) in [7, 11) is 1.61. The summed E-state index contributed by atoms with van der Waals surface area (Å²) in [6.07, 6.45) is 3.12. The molecule has 0 atom stereocenters. The van der Waals surface area contributed by atoms with E-state index in [0.29, 0.717) is 25.3 Å². The zero-order valence-electron chi connectivity index (χ0n) is 17.3. The van der Waals surface area contributed by atoms with Gasteiger partial charge in [0.25, 0.3) is 5.91 Å². The van der Waals surface area contributed by atoms with Gasteiger partial charge in [-0.1, -0.05) is 13.3 Å². The van der Waals surface area contributed by atoms with E-state index in [9.17, 15) is 19.6 Å². The van der Waals surface area contributed by atoms with Crippen molar-refractivity contribution in [1.29, 1.82) is 5.26 Å². The summed E-state index contributed by atoms with van der Waals surface area (Å²) in [6, 6.07) is 2.99. The maximum absolute atomic E-state index is 12.1. The second-order valence-corrected chi connectivity index (χ2v) is 6.37. The van der Waals surface area contributed by atoms with Crippen molar-refractivity contribution in [3.63, 3.8) is 0 Å². The molecule has 29 heavy (non-hydrogen) atoms. The highest BCUT2D eigenvalue weighted by Crippen LogP contribution is 2.18. The molecule has 0 fully saturated rings. The van der Waals surface area contributed by atoms with Gasteiger partial charge in [0.2, 0.25) is 0 Å². The van der Waals surface area contributed by atoms with Crippen molar-refractivity contribution in [1.82, 2.24) is 15.2 Å². The second kappa shape index (κ2) is 12.4. The molecule has 9 nitrogen and oxygen atoms in total. The molecule has 9 heteroatoms. The van der Waals surface area contributed by atoms with Crippen molar-refractivity contribution < 1.29 is 23.9 Å². The summed E-state index contributed by atoms with van der Waals surface area (Å²) >= 11 is 0. The summed E-state index contributed by atoms with van der Waals surface area (Å²) in [6.45, 7) is 6.73. The molecule has 0 unspecified atom stereocenters. The number of amides is 3. The SMILES string of the molecule is CCCCNC(=O)NC(=O)COC(=O)/C(C#N)=C/c1cc(C)n(CCOC)c1C. The van der Waals surface area contributed by atoms with Crippen LogP contribution in [0, 0.1) is 25.2 Å². The van der Waals surface area contributed by atoms with E-state index in [1.54, 1.807) is 13.2 Å². The quantitative estimate of drug-likeness (QED) is 0.265. The Morgan fingerprint density at radius 2 is 2.03 bits per heavy atom. The maximum Gasteiger partial charge on any atom is 0.349 e. The number of rotatable bonds is 10. The minimum absolute atomic E-state index is 0.239. The first-order valence-corrected chi connectivity index (χ1v) is 9.36. The number of ether oxygens (including phenoxy) is 2. The van der Waals surface area contributed by atoms with E-state index in [0.717, 1.165) is 24.2 Å². The van der Waals surface area contributed by atoms with Crippen molar-refractivity contribution in [3.8, 4) is 6.07 Å². The smallest absolute Gasteiger partial charge is 0.349 e. The molecular formula is C20H28N4O5. The van der Waals surface area contributed by atoms with Crippen LogP contribution in [-0.2, 0) is 25.6 Å². The van der Waals surface area contributed by atoms with Gasteiger partial charge in [-0.3, -0.25) is 10.1 Å². The lowest BCUT2D eigenvalue weighted by molar-refractivity contribution is -0.144. The van der Waals surface area contributed by atoms with E-state index in [1.807, 2.05) is 31.4 Å². The van der Waals surface area contributed by atoms with Crippen LogP contribution in [0.1, 0.15) is 36.7 Å². The van der Waals surface area contributed by atoms with Crippen molar-refractivity contribution in [2.24, 2.45) is 0 Å². The van der Waals surface area contributed by atoms with Gasteiger partial charge >= 0.3 is 12.0 Å². The molecule has 0 radical (unpaired) electrons. The van der Waals surface area contributed by atoms with Crippen LogP contribution in [0.25, 0.3) is 6.08 Å². The number of urea groups is 1. The van der Waals surface area contributed by atoms with Gasteiger partial charge < -0.3 is 19.4 Å². The van der Waals surface area contributed by atoms with E-state index < -0.39 is 24.5 Å². The van der Waals surface area contributed by atoms with Gasteiger partial charge in [0.1, 0.15) is 11.6 Å². The first-order chi connectivity index (χ1) is 13.8. The molecule has 0 saturated carbocycles. The Labute approximate surface area is 170 Å². The minimum Gasteiger partial charge on any atom is -0.451 e. The van der Waals surface area contributed by atoms with Gasteiger partial charge in [0.15, 0.2) is 6.61 Å². The van der Waals surface area contributed by atoms with Gasteiger partial charge in [-0.25, -0.2) is 9.59 Å². The highest BCUT2D eigenvalue weighted by Gasteiger charge is 2.16. The van der Waals surface area contributed by atoms with Crippen LogP contribution in [0.4, 0.5) is 4.79 Å². The van der Waals surface area contributed by atoms with E-state index in [2.05, 4.69) is 10.6 Å². The Hall–Kier alpha value is -3.12. The summed E-state index contributed by atoms with van der Waals surface area (Å²) in [4.78, 5) is 35.3. The largest absolute Gasteiger partial charge is 0.451 e. The number of aryl methyl sites for hydroxylation is 1. The maximum atomic E-state index is 12.1. The molecule has 0 saturated heterocycles. The van der Waals surface area contributed by atoms with Gasteiger partial charge in [-0.05, 0) is 38.0 Å². The summed E-state index contributed by atoms with van der Waals surface area (Å²) in [5.74, 6) is -1.71. The minimum atomic E-state index is -0.935. The average Bonchev–Trinajstić information content (AvgIpc) is 2.95. The van der Waals surface area contributed by atoms with Crippen LogP contribution < -0.4 is 10.6 Å². The molecule has 0 bridgehead atoms. The lowest BCUT2D eigenvalue weighted by atomic mass is 10.1. The number of hydrogen-bond acceptors (Lipinski definition) is 6. The fourth-order valence-corrected chi connectivity index (χ4v) is 2.59. The van der Waals surface area contributed by atoms with Gasteiger partial charge in [0, 0.05) is 31.6 Å². The lowest BCUT2D eigenvalue weighted by Gasteiger charge is -2.08. The number of methoxy groups -OCH3 is 1. The predicted molar refractivity (Wildman–Crippen MR) is 107 cm³/mol. The third kappa shape index (κ3) is 7.79. The topological polar surface area (TPSA) is 122 Å². The number of aromatic nitrogens is 1. The molecule has 1 aromatic rings. The molecule has 0 spiro atoms. The summed E-state index contributed by atoms with van der Waals surface area (Å²) in [5, 5.41) is 13.9. The number of hydrogen-bond donors (Lipinski definition) is 2. The van der Waals surface area contributed by atoms with Crippen molar-refractivity contribution in [2.75, 3.05) is 26.9 Å². The first kappa shape index (κ1) is 23.9. The molecular weight excluding hydrogens is 376 g/mol. The van der Waals surface area contributed by atoms with E-state index in [-0.39, 0.29) is 5.57 Å². The molecule has 1 aromatic heterocycles. The fourth-order valence-electron chi connectivity index (χ4n) is 2.59. The van der Waals surface area contributed by atoms with Crippen molar-refractivity contribution in [2.45, 2.75) is 40.2 Å². The fraction of sp³-hybridized carbons (Fsp3) is 0.500. The number of carbonyl (C=O) groups excluding carboxylic acids is 3. The predicted octanol–water partition coefficient (Wildman–Crippen LogP) is 1.83. The number of nitrogens with zero attached hydrogens (tertiary/aromatic N) is 2. The summed E-state index contributed by atoms with van der Waals surface area (Å²) < 4.78 is 11.9. The van der Waals surface area contributed by atoms with Crippen LogP contribution >= 0.6 is 0 Å². The molecule has 0 aliphatic carbocycles. The number of nitrogens with one attached hydrogen (secondary N) is 2. The third-order valence-corrected chi connectivity index (χ3v) is 4.18. The van der Waals surface area contributed by atoms with E-state index >= 15 is 0 Å². The summed E-state index contributed by atoms with van der Waals surface area (Å²) in [5.41, 5.74) is 2.30. The van der Waals surface area contributed by atoms with E-state index in [1.165, 1.54) is 6.08 Å². The number of esters is 1. The van der Waals surface area contributed by atoms with E-state index in [4.69, 9.17) is 9.47 Å². The average molecular weight is 404 g/mol. The molecule has 1 heterocycles. The van der Waals surface area contributed by atoms with Gasteiger partial charge in [-0.15, -0.1) is 0 Å². The van der Waals surface area contributed by atoms with Crippen LogP contribution in [0.15, 0.2) is 11.6 Å². The van der Waals surface area contributed by atoms with Gasteiger partial charge in [0.05, 0.1) is 6.61 Å².